The number of ether oxygens (including phenoxy) is 1. The molecule has 21 heavy (non-hydrogen) atoms. The number of carbonyl (C=O) groups is 2. The highest BCUT2D eigenvalue weighted by atomic mass is 16.6. The van der Waals surface area contributed by atoms with Gasteiger partial charge in [-0.25, -0.2) is 4.79 Å². The third kappa shape index (κ3) is 5.85. The SMILES string of the molecule is CCCn1nccc1[C@H](CC(=O)O)NC(=O)OC(C)(C)C. The van der Waals surface area contributed by atoms with E-state index in [4.69, 9.17) is 9.84 Å². The highest BCUT2D eigenvalue weighted by Gasteiger charge is 2.24. The second-order valence-corrected chi connectivity index (χ2v) is 5.78. The van der Waals surface area contributed by atoms with Crippen LogP contribution < -0.4 is 5.32 Å². The minimum Gasteiger partial charge on any atom is -0.481 e. The number of carbonyl (C=O) groups excluding carboxylic acids is 1. The van der Waals surface area contributed by atoms with Crippen molar-refractivity contribution in [2.24, 2.45) is 0 Å². The molecule has 118 valence electrons. The molecule has 0 fully saturated rings. The van der Waals surface area contributed by atoms with Crippen molar-refractivity contribution in [3.05, 3.63) is 18.0 Å². The molecule has 1 amide bonds. The Hall–Kier alpha value is -2.05. The predicted octanol–water partition coefficient (Wildman–Crippen LogP) is 2.33. The minimum absolute atomic E-state index is 0.228. The Morgan fingerprint density at radius 1 is 1.48 bits per heavy atom. The van der Waals surface area contributed by atoms with Crippen molar-refractivity contribution in [1.82, 2.24) is 15.1 Å². The van der Waals surface area contributed by atoms with Crippen LogP contribution in [0.15, 0.2) is 12.3 Å². The lowest BCUT2D eigenvalue weighted by Crippen LogP contribution is -2.36. The first kappa shape index (κ1) is 17.0. The Kier molecular flexibility index (Phi) is 5.75. The first-order chi connectivity index (χ1) is 9.73. The van der Waals surface area contributed by atoms with Crippen LogP contribution in [-0.2, 0) is 16.1 Å². The zero-order valence-corrected chi connectivity index (χ0v) is 12.9. The van der Waals surface area contributed by atoms with Crippen molar-refractivity contribution in [2.45, 2.75) is 58.7 Å². The topological polar surface area (TPSA) is 93.5 Å². The van der Waals surface area contributed by atoms with E-state index in [0.29, 0.717) is 12.2 Å². The number of carboxylic acid groups (broad SMARTS) is 1. The highest BCUT2D eigenvalue weighted by molar-refractivity contribution is 5.72. The van der Waals surface area contributed by atoms with Crippen LogP contribution in [0, 0.1) is 0 Å². The number of hydrogen-bond acceptors (Lipinski definition) is 4. The van der Waals surface area contributed by atoms with E-state index in [0.717, 1.165) is 6.42 Å². The van der Waals surface area contributed by atoms with Gasteiger partial charge in [0.05, 0.1) is 18.2 Å². The summed E-state index contributed by atoms with van der Waals surface area (Å²) in [5.74, 6) is -1.000. The fraction of sp³-hybridized carbons (Fsp3) is 0.643. The molecule has 1 heterocycles. The Morgan fingerprint density at radius 3 is 2.67 bits per heavy atom. The maximum atomic E-state index is 11.9. The Bertz CT molecular complexity index is 491. The van der Waals surface area contributed by atoms with Crippen molar-refractivity contribution in [3.8, 4) is 0 Å². The molecule has 0 saturated heterocycles. The molecule has 0 bridgehead atoms. The van der Waals surface area contributed by atoms with E-state index in [1.165, 1.54) is 0 Å². The second-order valence-electron chi connectivity index (χ2n) is 5.78. The third-order valence-corrected chi connectivity index (χ3v) is 2.61. The molecular weight excluding hydrogens is 274 g/mol. The normalized spacial score (nSPS) is 12.8. The fourth-order valence-electron chi connectivity index (χ4n) is 1.89. The molecule has 7 heteroatoms. The Balaban J connectivity index is 2.87. The number of carboxylic acids is 1. The first-order valence-corrected chi connectivity index (χ1v) is 6.96. The predicted molar refractivity (Wildman–Crippen MR) is 76.9 cm³/mol. The number of nitrogens with one attached hydrogen (secondary N) is 1. The molecule has 1 rings (SSSR count). The number of amides is 1. The van der Waals surface area contributed by atoms with Gasteiger partial charge in [-0.1, -0.05) is 6.92 Å². The van der Waals surface area contributed by atoms with Crippen molar-refractivity contribution in [3.63, 3.8) is 0 Å². The van der Waals surface area contributed by atoms with Gasteiger partial charge >= 0.3 is 12.1 Å². The summed E-state index contributed by atoms with van der Waals surface area (Å²) in [7, 11) is 0. The standard InChI is InChI=1S/C14H23N3O4/c1-5-8-17-11(6-7-15-17)10(9-12(18)19)16-13(20)21-14(2,3)4/h6-7,10H,5,8-9H2,1-4H3,(H,16,20)(H,18,19)/t10-/m0/s1. The molecule has 0 radical (unpaired) electrons. The molecule has 7 nitrogen and oxygen atoms in total. The molecular formula is C14H23N3O4. The average molecular weight is 297 g/mol. The summed E-state index contributed by atoms with van der Waals surface area (Å²) in [5.41, 5.74) is 0.0201. The summed E-state index contributed by atoms with van der Waals surface area (Å²) in [4.78, 5) is 22.9. The molecule has 0 aliphatic heterocycles. The van der Waals surface area contributed by atoms with Crippen molar-refractivity contribution >= 4 is 12.1 Å². The van der Waals surface area contributed by atoms with Gasteiger partial charge in [0.2, 0.25) is 0 Å². The van der Waals surface area contributed by atoms with Crippen LogP contribution in [0.1, 0.15) is 52.3 Å². The van der Waals surface area contributed by atoms with Crippen LogP contribution >= 0.6 is 0 Å². The molecule has 0 spiro atoms. The Morgan fingerprint density at radius 2 is 2.14 bits per heavy atom. The van der Waals surface area contributed by atoms with Gasteiger partial charge in [0.25, 0.3) is 0 Å². The molecule has 1 atom stereocenters. The molecule has 0 unspecified atom stereocenters. The number of rotatable bonds is 6. The molecule has 0 aromatic carbocycles. The van der Waals surface area contributed by atoms with Gasteiger partial charge in [0, 0.05) is 12.7 Å². The highest BCUT2D eigenvalue weighted by Crippen LogP contribution is 2.18. The molecule has 0 saturated carbocycles. The van der Waals surface area contributed by atoms with E-state index < -0.39 is 23.7 Å². The lowest BCUT2D eigenvalue weighted by atomic mass is 10.1. The summed E-state index contributed by atoms with van der Waals surface area (Å²) >= 11 is 0. The van der Waals surface area contributed by atoms with Crippen LogP contribution in [0.3, 0.4) is 0 Å². The number of alkyl carbamates (subject to hydrolysis) is 1. The van der Waals surface area contributed by atoms with Gasteiger partial charge in [-0.2, -0.15) is 5.10 Å². The van der Waals surface area contributed by atoms with Crippen molar-refractivity contribution in [1.29, 1.82) is 0 Å². The van der Waals surface area contributed by atoms with Gasteiger partial charge < -0.3 is 15.2 Å². The number of hydrogen-bond donors (Lipinski definition) is 2. The number of nitrogens with zero attached hydrogens (tertiary/aromatic N) is 2. The fourth-order valence-corrected chi connectivity index (χ4v) is 1.89. The largest absolute Gasteiger partial charge is 0.481 e. The molecule has 0 aliphatic rings. The van der Waals surface area contributed by atoms with Crippen molar-refractivity contribution < 1.29 is 19.4 Å². The maximum absolute atomic E-state index is 11.9. The number of aryl methyl sites for hydroxylation is 1. The van der Waals surface area contributed by atoms with Crippen LogP contribution in [-0.4, -0.2) is 32.6 Å². The van der Waals surface area contributed by atoms with Crippen molar-refractivity contribution in [2.75, 3.05) is 0 Å². The Labute approximate surface area is 124 Å². The van der Waals surface area contributed by atoms with Crippen LogP contribution in [0.25, 0.3) is 0 Å². The van der Waals surface area contributed by atoms with Crippen LogP contribution in [0.2, 0.25) is 0 Å². The van der Waals surface area contributed by atoms with Gasteiger partial charge in [0.15, 0.2) is 0 Å². The van der Waals surface area contributed by atoms with E-state index in [9.17, 15) is 9.59 Å². The van der Waals surface area contributed by atoms with E-state index in [2.05, 4.69) is 10.4 Å². The number of aliphatic carboxylic acids is 1. The van der Waals surface area contributed by atoms with Gasteiger partial charge in [-0.15, -0.1) is 0 Å². The molecule has 1 aromatic heterocycles. The lowest BCUT2D eigenvalue weighted by molar-refractivity contribution is -0.137. The summed E-state index contributed by atoms with van der Waals surface area (Å²) in [6.45, 7) is 7.91. The zero-order valence-electron chi connectivity index (χ0n) is 12.9. The van der Waals surface area contributed by atoms with E-state index in [-0.39, 0.29) is 6.42 Å². The lowest BCUT2D eigenvalue weighted by Gasteiger charge is -2.23. The molecule has 2 N–H and O–H groups in total. The summed E-state index contributed by atoms with van der Waals surface area (Å²) in [6, 6.07) is 1.03. The zero-order chi connectivity index (χ0) is 16.0. The third-order valence-electron chi connectivity index (χ3n) is 2.61. The van der Waals surface area contributed by atoms with E-state index >= 15 is 0 Å². The van der Waals surface area contributed by atoms with Gasteiger partial charge in [-0.05, 0) is 33.3 Å². The quantitative estimate of drug-likeness (QED) is 0.840. The summed E-state index contributed by atoms with van der Waals surface area (Å²) in [6.07, 6.45) is 1.59. The first-order valence-electron chi connectivity index (χ1n) is 6.96. The average Bonchev–Trinajstić information content (AvgIpc) is 2.73. The summed E-state index contributed by atoms with van der Waals surface area (Å²) < 4.78 is 6.87. The summed E-state index contributed by atoms with van der Waals surface area (Å²) in [5, 5.41) is 15.8. The smallest absolute Gasteiger partial charge is 0.408 e. The second kappa shape index (κ2) is 7.10. The number of aromatic nitrogens is 2. The van der Waals surface area contributed by atoms with Gasteiger partial charge in [-0.3, -0.25) is 9.48 Å². The maximum Gasteiger partial charge on any atom is 0.408 e. The van der Waals surface area contributed by atoms with E-state index in [1.54, 1.807) is 37.7 Å². The monoisotopic (exact) mass is 297 g/mol. The van der Waals surface area contributed by atoms with Crippen LogP contribution in [0.5, 0.6) is 0 Å². The van der Waals surface area contributed by atoms with Gasteiger partial charge in [0.1, 0.15) is 5.60 Å². The van der Waals surface area contributed by atoms with E-state index in [1.807, 2.05) is 6.92 Å². The van der Waals surface area contributed by atoms with Crippen LogP contribution in [0.4, 0.5) is 4.79 Å². The molecule has 1 aromatic rings. The molecule has 0 aliphatic carbocycles. The minimum atomic E-state index is -1.000.